The molecule has 0 spiro atoms. The molecule has 10 heteroatoms. The number of nitrogens with zero attached hydrogens (tertiary/aromatic N) is 3. The Balaban J connectivity index is 0.00000300. The van der Waals surface area contributed by atoms with Gasteiger partial charge in [0.2, 0.25) is 5.95 Å². The number of rotatable bonds is 5. The Kier molecular flexibility index (Phi) is 6.44. The number of aryl methyl sites for hydroxylation is 1. The van der Waals surface area contributed by atoms with Crippen LogP contribution in [0, 0.1) is 11.6 Å². The summed E-state index contributed by atoms with van der Waals surface area (Å²) in [6.07, 6.45) is 1.52. The maximum Gasteiger partial charge on any atom is 0.275 e. The van der Waals surface area contributed by atoms with Crippen molar-refractivity contribution in [1.29, 1.82) is 0 Å². The molecule has 1 aromatic carbocycles. The summed E-state index contributed by atoms with van der Waals surface area (Å²) in [6, 6.07) is 4.23. The van der Waals surface area contributed by atoms with Gasteiger partial charge in [0.05, 0.1) is 17.3 Å². The van der Waals surface area contributed by atoms with Crippen LogP contribution in [0.3, 0.4) is 0 Å². The molecular formula is C19H22ClF2N5O2. The highest BCUT2D eigenvalue weighted by molar-refractivity contribution is 5.85. The quantitative estimate of drug-likeness (QED) is 0.580. The number of pyridine rings is 1. The monoisotopic (exact) mass is 425 g/mol. The maximum atomic E-state index is 13.9. The van der Waals surface area contributed by atoms with E-state index in [0.29, 0.717) is 11.0 Å². The van der Waals surface area contributed by atoms with Gasteiger partial charge in [-0.1, -0.05) is 0 Å². The first-order valence-electron chi connectivity index (χ1n) is 8.64. The minimum absolute atomic E-state index is 0. The summed E-state index contributed by atoms with van der Waals surface area (Å²) in [5.74, 6) is -1.25. The second-order valence-electron chi connectivity index (χ2n) is 7.16. The molecule has 3 N–H and O–H groups in total. The summed E-state index contributed by atoms with van der Waals surface area (Å²) < 4.78 is 28.3. The lowest BCUT2D eigenvalue weighted by Gasteiger charge is -2.26. The van der Waals surface area contributed by atoms with Gasteiger partial charge >= 0.3 is 0 Å². The number of anilines is 3. The number of halogens is 3. The van der Waals surface area contributed by atoms with Crippen molar-refractivity contribution < 1.29 is 13.9 Å². The van der Waals surface area contributed by atoms with Crippen molar-refractivity contribution in [3.63, 3.8) is 0 Å². The number of aliphatic hydroxyl groups is 1. The molecule has 2 aromatic heterocycles. The minimum Gasteiger partial charge on any atom is -0.388 e. The van der Waals surface area contributed by atoms with E-state index in [2.05, 4.69) is 20.6 Å². The number of hydrogen-bond acceptors (Lipinski definition) is 6. The van der Waals surface area contributed by atoms with Gasteiger partial charge in [-0.3, -0.25) is 9.36 Å². The third-order valence-electron chi connectivity index (χ3n) is 4.55. The van der Waals surface area contributed by atoms with Gasteiger partial charge in [0.15, 0.2) is 0 Å². The van der Waals surface area contributed by atoms with Crippen molar-refractivity contribution in [3.05, 3.63) is 52.5 Å². The summed E-state index contributed by atoms with van der Waals surface area (Å²) in [5, 5.41) is 16.3. The van der Waals surface area contributed by atoms with Crippen LogP contribution in [-0.2, 0) is 7.05 Å². The lowest BCUT2D eigenvalue weighted by atomic mass is 10.0. The van der Waals surface area contributed by atoms with Crippen LogP contribution in [0.1, 0.15) is 20.8 Å². The van der Waals surface area contributed by atoms with Crippen molar-refractivity contribution in [2.45, 2.75) is 32.4 Å². The Morgan fingerprint density at radius 1 is 1.21 bits per heavy atom. The second-order valence-corrected chi connectivity index (χ2v) is 7.16. The van der Waals surface area contributed by atoms with Crippen LogP contribution in [0.2, 0.25) is 0 Å². The van der Waals surface area contributed by atoms with Gasteiger partial charge in [-0.05, 0) is 39.0 Å². The lowest BCUT2D eigenvalue weighted by Crippen LogP contribution is -2.39. The fourth-order valence-electron chi connectivity index (χ4n) is 2.51. The van der Waals surface area contributed by atoms with E-state index in [1.165, 1.54) is 29.9 Å². The van der Waals surface area contributed by atoms with Gasteiger partial charge in [0, 0.05) is 24.7 Å². The van der Waals surface area contributed by atoms with E-state index in [4.69, 9.17) is 0 Å². The molecule has 2 heterocycles. The standard InChI is InChI=1S/C19H21F2N5O2.ClH/c1-10(19(2,3)28)23-18-22-9-11-7-15(17(27)26(4)16(11)25-18)24-14-6-5-12(20)8-13(14)21;/h5-10,24,28H,1-4H3,(H,22,23,25);1H/t10-;/m0./s1. The van der Waals surface area contributed by atoms with E-state index in [1.807, 2.05) is 0 Å². The summed E-state index contributed by atoms with van der Waals surface area (Å²) in [5.41, 5.74) is -0.963. The van der Waals surface area contributed by atoms with E-state index in [9.17, 15) is 18.7 Å². The first kappa shape index (κ1) is 22.5. The number of nitrogens with one attached hydrogen (secondary N) is 2. The van der Waals surface area contributed by atoms with Gasteiger partial charge < -0.3 is 15.7 Å². The molecule has 3 rings (SSSR count). The van der Waals surface area contributed by atoms with E-state index in [-0.39, 0.29) is 35.8 Å². The topological polar surface area (TPSA) is 92.1 Å². The molecule has 7 nitrogen and oxygen atoms in total. The van der Waals surface area contributed by atoms with Gasteiger partial charge in [-0.25, -0.2) is 13.8 Å². The normalized spacial score (nSPS) is 12.4. The van der Waals surface area contributed by atoms with Crippen molar-refractivity contribution in [3.8, 4) is 0 Å². The molecule has 0 bridgehead atoms. The Morgan fingerprint density at radius 2 is 1.90 bits per heavy atom. The van der Waals surface area contributed by atoms with Crippen molar-refractivity contribution in [2.24, 2.45) is 7.05 Å². The highest BCUT2D eigenvalue weighted by Crippen LogP contribution is 2.22. The van der Waals surface area contributed by atoms with Crippen LogP contribution >= 0.6 is 12.4 Å². The van der Waals surface area contributed by atoms with Gasteiger partial charge in [-0.2, -0.15) is 4.98 Å². The Bertz CT molecular complexity index is 1100. The number of benzene rings is 1. The third-order valence-corrected chi connectivity index (χ3v) is 4.55. The molecule has 0 radical (unpaired) electrons. The van der Waals surface area contributed by atoms with Gasteiger partial charge in [-0.15, -0.1) is 12.4 Å². The Morgan fingerprint density at radius 3 is 2.52 bits per heavy atom. The minimum atomic E-state index is -0.989. The van der Waals surface area contributed by atoms with Crippen LogP contribution in [0.15, 0.2) is 35.3 Å². The van der Waals surface area contributed by atoms with E-state index in [1.54, 1.807) is 20.8 Å². The molecule has 0 fully saturated rings. The fourth-order valence-corrected chi connectivity index (χ4v) is 2.51. The summed E-state index contributed by atoms with van der Waals surface area (Å²) in [7, 11) is 1.53. The van der Waals surface area contributed by atoms with Crippen LogP contribution in [0.25, 0.3) is 11.0 Å². The molecule has 0 aliphatic rings. The predicted molar refractivity (Wildman–Crippen MR) is 111 cm³/mol. The van der Waals surface area contributed by atoms with E-state index < -0.39 is 22.8 Å². The molecule has 0 aliphatic carbocycles. The van der Waals surface area contributed by atoms with Crippen LogP contribution in [0.4, 0.5) is 26.1 Å². The smallest absolute Gasteiger partial charge is 0.275 e. The first-order chi connectivity index (χ1) is 13.1. The van der Waals surface area contributed by atoms with Crippen molar-refractivity contribution in [1.82, 2.24) is 14.5 Å². The molecule has 1 atom stereocenters. The molecule has 29 heavy (non-hydrogen) atoms. The molecule has 0 saturated carbocycles. The summed E-state index contributed by atoms with van der Waals surface area (Å²) in [4.78, 5) is 21.2. The second kappa shape index (κ2) is 8.30. The summed E-state index contributed by atoms with van der Waals surface area (Å²) in [6.45, 7) is 5.11. The highest BCUT2D eigenvalue weighted by Gasteiger charge is 2.23. The molecule has 156 valence electrons. The van der Waals surface area contributed by atoms with Gasteiger partial charge in [0.1, 0.15) is 23.0 Å². The van der Waals surface area contributed by atoms with Crippen molar-refractivity contribution >= 4 is 40.8 Å². The molecule has 0 unspecified atom stereocenters. The zero-order chi connectivity index (χ0) is 20.6. The average Bonchev–Trinajstić information content (AvgIpc) is 2.61. The van der Waals surface area contributed by atoms with Crippen LogP contribution in [-0.4, -0.2) is 31.3 Å². The zero-order valence-corrected chi connectivity index (χ0v) is 17.1. The van der Waals surface area contributed by atoms with E-state index in [0.717, 1.165) is 12.1 Å². The van der Waals surface area contributed by atoms with Crippen LogP contribution < -0.4 is 16.2 Å². The number of aromatic nitrogens is 3. The number of fused-ring (bicyclic) bond motifs is 1. The van der Waals surface area contributed by atoms with E-state index >= 15 is 0 Å². The fraction of sp³-hybridized carbons (Fsp3) is 0.316. The van der Waals surface area contributed by atoms with Crippen molar-refractivity contribution in [2.75, 3.05) is 10.6 Å². The molecule has 0 saturated heterocycles. The number of hydrogen-bond donors (Lipinski definition) is 3. The lowest BCUT2D eigenvalue weighted by molar-refractivity contribution is 0.0646. The first-order valence-corrected chi connectivity index (χ1v) is 8.64. The molecule has 3 aromatic rings. The van der Waals surface area contributed by atoms with Gasteiger partial charge in [0.25, 0.3) is 5.56 Å². The molecule has 0 amide bonds. The largest absolute Gasteiger partial charge is 0.388 e. The highest BCUT2D eigenvalue weighted by atomic mass is 35.5. The molecular weight excluding hydrogens is 404 g/mol. The Hall–Kier alpha value is -2.78. The molecule has 0 aliphatic heterocycles. The third kappa shape index (κ3) is 4.80. The average molecular weight is 426 g/mol. The zero-order valence-electron chi connectivity index (χ0n) is 16.3. The van der Waals surface area contributed by atoms with Crippen LogP contribution in [0.5, 0.6) is 0 Å². The SMILES string of the molecule is C[C@H](Nc1ncc2cc(Nc3ccc(F)cc3F)c(=O)n(C)c2n1)C(C)(C)O.Cl. The predicted octanol–water partition coefficient (Wildman–Crippen LogP) is 3.34. The summed E-state index contributed by atoms with van der Waals surface area (Å²) >= 11 is 0. The Labute approximate surface area is 172 Å². The maximum absolute atomic E-state index is 13.9.